The van der Waals surface area contributed by atoms with Crippen LogP contribution in [0.1, 0.15) is 29.7 Å². The van der Waals surface area contributed by atoms with Gasteiger partial charge in [0.1, 0.15) is 12.4 Å². The molecule has 3 aromatic heterocycles. The van der Waals surface area contributed by atoms with Gasteiger partial charge in [-0.05, 0) is 48.5 Å². The lowest BCUT2D eigenvalue weighted by atomic mass is 10.1. The number of rotatable bonds is 9. The summed E-state index contributed by atoms with van der Waals surface area (Å²) in [4.78, 5) is 26.4. The van der Waals surface area contributed by atoms with Crippen LogP contribution in [0.25, 0.3) is 11.3 Å². The Morgan fingerprint density at radius 1 is 1.04 bits per heavy atom. The van der Waals surface area contributed by atoms with Crippen LogP contribution in [0, 0.1) is 0 Å². The van der Waals surface area contributed by atoms with Crippen molar-refractivity contribution in [3.8, 4) is 11.3 Å². The fourth-order valence-corrected chi connectivity index (χ4v) is 10.3. The summed E-state index contributed by atoms with van der Waals surface area (Å²) in [7, 11) is -4.15. The number of hydrogen-bond acceptors (Lipinski definition) is 8. The summed E-state index contributed by atoms with van der Waals surface area (Å²) in [5, 5.41) is 0. The van der Waals surface area contributed by atoms with Gasteiger partial charge >= 0.3 is 16.2 Å². The van der Waals surface area contributed by atoms with Crippen molar-refractivity contribution in [1.29, 1.82) is 0 Å². The maximum absolute atomic E-state index is 14.3. The van der Waals surface area contributed by atoms with E-state index in [1.165, 1.54) is 24.3 Å². The van der Waals surface area contributed by atoms with Crippen molar-refractivity contribution < 1.29 is 30.3 Å². The first-order valence-corrected chi connectivity index (χ1v) is 17.7. The van der Waals surface area contributed by atoms with Crippen LogP contribution in [0.15, 0.2) is 77.1 Å². The van der Waals surface area contributed by atoms with Gasteiger partial charge in [0.05, 0.1) is 27.8 Å². The maximum Gasteiger partial charge on any atom is 0.416 e. The molecule has 2 N–H and O–H groups in total. The SMILES string of the molecule is NC(=O)[C@@H]1CCC[N+]1(Cc1cc(-c2ccc(C(F)(F)F)cc2)nc(N2CCN(Cc3ccccn3)CC2)c1)S(=O)(=O)c1ccc(Cl)s1. The molecule has 2 atom stereocenters. The van der Waals surface area contributed by atoms with Gasteiger partial charge < -0.3 is 10.6 Å². The molecule has 5 heterocycles. The van der Waals surface area contributed by atoms with Gasteiger partial charge in [0, 0.05) is 62.9 Å². The van der Waals surface area contributed by atoms with E-state index in [9.17, 15) is 26.4 Å². The lowest BCUT2D eigenvalue weighted by Gasteiger charge is -2.37. The molecule has 1 aromatic carbocycles. The number of aromatic nitrogens is 2. The third kappa shape index (κ3) is 6.88. The van der Waals surface area contributed by atoms with E-state index in [4.69, 9.17) is 22.3 Å². The predicted molar refractivity (Wildman–Crippen MR) is 174 cm³/mol. The van der Waals surface area contributed by atoms with Crippen LogP contribution in [-0.4, -0.2) is 71.8 Å². The summed E-state index contributed by atoms with van der Waals surface area (Å²) < 4.78 is 68.4. The molecule has 2 saturated heterocycles. The molecule has 9 nitrogen and oxygen atoms in total. The van der Waals surface area contributed by atoms with Gasteiger partial charge in [0.25, 0.3) is 5.91 Å². The highest BCUT2D eigenvalue weighted by Crippen LogP contribution is 2.41. The maximum atomic E-state index is 14.3. The van der Waals surface area contributed by atoms with Crippen LogP contribution in [-0.2, 0) is 34.1 Å². The molecule has 0 bridgehead atoms. The number of primary amides is 1. The Kier molecular flexibility index (Phi) is 9.33. The first-order chi connectivity index (χ1) is 22.4. The Bertz CT molecular complexity index is 1850. The zero-order valence-corrected chi connectivity index (χ0v) is 27.6. The van der Waals surface area contributed by atoms with E-state index in [-0.39, 0.29) is 17.3 Å². The van der Waals surface area contributed by atoms with Gasteiger partial charge in [-0.1, -0.05) is 29.8 Å². The number of benzene rings is 1. The quantitative estimate of drug-likeness (QED) is 0.228. The topological polar surface area (TPSA) is 109 Å². The molecule has 2 aliphatic rings. The number of anilines is 1. The Morgan fingerprint density at radius 3 is 2.40 bits per heavy atom. The summed E-state index contributed by atoms with van der Waals surface area (Å²) in [6.07, 6.45) is -1.97. The highest BCUT2D eigenvalue weighted by atomic mass is 35.5. The molecule has 248 valence electrons. The Labute approximate surface area is 280 Å². The summed E-state index contributed by atoms with van der Waals surface area (Å²) in [6.45, 7) is 3.43. The Hall–Kier alpha value is -3.56. The molecule has 15 heteroatoms. The molecular weight excluding hydrogens is 673 g/mol. The molecule has 0 radical (unpaired) electrons. The van der Waals surface area contributed by atoms with Crippen molar-refractivity contribution in [2.24, 2.45) is 5.73 Å². The monoisotopic (exact) mass is 705 g/mol. The van der Waals surface area contributed by atoms with E-state index in [0.717, 1.165) is 42.3 Å². The number of amides is 1. The van der Waals surface area contributed by atoms with Crippen molar-refractivity contribution in [3.63, 3.8) is 0 Å². The molecule has 0 saturated carbocycles. The minimum Gasteiger partial charge on any atom is -0.364 e. The minimum atomic E-state index is -4.50. The molecule has 1 amide bonds. The van der Waals surface area contributed by atoms with Crippen LogP contribution >= 0.6 is 22.9 Å². The molecule has 1 unspecified atom stereocenters. The van der Waals surface area contributed by atoms with E-state index in [2.05, 4.69) is 14.8 Å². The zero-order chi connectivity index (χ0) is 33.4. The highest BCUT2D eigenvalue weighted by molar-refractivity contribution is 7.88. The molecule has 47 heavy (non-hydrogen) atoms. The van der Waals surface area contributed by atoms with Crippen LogP contribution in [0.5, 0.6) is 0 Å². The Balaban J connectivity index is 1.38. The summed E-state index contributed by atoms with van der Waals surface area (Å²) in [5.74, 6) is -0.144. The second-order valence-corrected chi connectivity index (χ2v) is 15.9. The first-order valence-electron chi connectivity index (χ1n) is 15.1. The van der Waals surface area contributed by atoms with E-state index in [1.807, 2.05) is 24.3 Å². The van der Waals surface area contributed by atoms with Gasteiger partial charge in [-0.3, -0.25) is 14.7 Å². The van der Waals surface area contributed by atoms with Crippen LogP contribution in [0.2, 0.25) is 4.34 Å². The van der Waals surface area contributed by atoms with Crippen LogP contribution in [0.3, 0.4) is 0 Å². The van der Waals surface area contributed by atoms with Gasteiger partial charge in [-0.15, -0.1) is 11.3 Å². The summed E-state index contributed by atoms with van der Waals surface area (Å²) in [6, 6.07) is 16.0. The Morgan fingerprint density at radius 2 is 1.79 bits per heavy atom. The number of sulfonamides is 1. The van der Waals surface area contributed by atoms with Gasteiger partial charge in [0.2, 0.25) is 0 Å². The number of thiophene rings is 1. The summed E-state index contributed by atoms with van der Waals surface area (Å²) in [5.41, 5.74) is 7.42. The number of quaternary nitrogens is 1. The lowest BCUT2D eigenvalue weighted by molar-refractivity contribution is -0.823. The third-order valence-electron chi connectivity index (χ3n) is 8.83. The predicted octanol–water partition coefficient (Wildman–Crippen LogP) is 5.55. The van der Waals surface area contributed by atoms with Crippen LogP contribution < -0.4 is 10.6 Å². The number of nitrogens with zero attached hydrogens (tertiary/aromatic N) is 5. The zero-order valence-electron chi connectivity index (χ0n) is 25.2. The fourth-order valence-electron chi connectivity index (χ4n) is 6.46. The number of alkyl halides is 3. The number of likely N-dealkylation sites (tertiary alicyclic amines) is 1. The van der Waals surface area contributed by atoms with Crippen molar-refractivity contribution in [2.75, 3.05) is 37.6 Å². The number of nitrogens with two attached hydrogens (primary N) is 1. The molecular formula is C32H33ClF3N6O3S2+. The second kappa shape index (κ2) is 13.2. The number of halogens is 4. The molecule has 0 aliphatic carbocycles. The minimum absolute atomic E-state index is 0.0388. The van der Waals surface area contributed by atoms with Crippen molar-refractivity contribution >= 4 is 44.7 Å². The second-order valence-electron chi connectivity index (χ2n) is 11.8. The number of carbonyl (C=O) groups excluding carboxylic acids is 1. The number of pyridine rings is 2. The highest BCUT2D eigenvalue weighted by Gasteiger charge is 2.55. The third-order valence-corrected chi connectivity index (χ3v) is 12.9. The van der Waals surface area contributed by atoms with Crippen LogP contribution in [0.4, 0.5) is 19.0 Å². The summed E-state index contributed by atoms with van der Waals surface area (Å²) >= 11 is 7.05. The van der Waals surface area contributed by atoms with E-state index in [1.54, 1.807) is 12.3 Å². The van der Waals surface area contributed by atoms with Crippen molar-refractivity contribution in [3.05, 3.63) is 94.1 Å². The van der Waals surface area contributed by atoms with E-state index >= 15 is 0 Å². The fraction of sp³-hybridized carbons (Fsp3) is 0.344. The van der Waals surface area contributed by atoms with E-state index < -0.39 is 37.6 Å². The molecule has 6 rings (SSSR count). The molecule has 2 aliphatic heterocycles. The molecule has 0 spiro atoms. The smallest absolute Gasteiger partial charge is 0.364 e. The lowest BCUT2D eigenvalue weighted by Crippen LogP contribution is -2.59. The van der Waals surface area contributed by atoms with Crippen molar-refractivity contribution in [1.82, 2.24) is 14.9 Å². The van der Waals surface area contributed by atoms with Crippen molar-refractivity contribution in [2.45, 2.75) is 42.4 Å². The number of piperazine rings is 1. The molecule has 2 fully saturated rings. The largest absolute Gasteiger partial charge is 0.416 e. The first kappa shape index (κ1) is 33.3. The standard InChI is InChI=1S/C32H32ClF3N6O3S2/c33-28-10-11-30(46-28)47(44,45)42(17-3-5-27(42)31(37)43)21-22-18-26(23-6-8-24(9-7-23)32(34,35)36)39-29(19-22)41-15-13-40(14-16-41)20-25-4-1-2-12-38-25/h1-2,4,6-12,18-19,27H,3,5,13-17,20-21H2,(H-,37,43)/p+1/t27-,42?/m0/s1. The van der Waals surface area contributed by atoms with Gasteiger partial charge in [0.15, 0.2) is 10.3 Å². The normalized spacial score (nSPS) is 20.9. The van der Waals surface area contributed by atoms with Gasteiger partial charge in [-0.25, -0.2) is 4.98 Å². The number of carbonyl (C=O) groups is 1. The average molecular weight is 706 g/mol. The number of hydrogen-bond donors (Lipinski definition) is 1. The molecule has 4 aromatic rings. The van der Waals surface area contributed by atoms with Gasteiger partial charge in [-0.2, -0.15) is 25.5 Å². The van der Waals surface area contributed by atoms with E-state index in [0.29, 0.717) is 59.5 Å². The average Bonchev–Trinajstić information content (AvgIpc) is 3.69.